The summed E-state index contributed by atoms with van der Waals surface area (Å²) in [4.78, 5) is 23.7. The van der Waals surface area contributed by atoms with E-state index in [9.17, 15) is 18.0 Å². The van der Waals surface area contributed by atoms with E-state index in [2.05, 4.69) is 9.97 Å². The molecule has 6 nitrogen and oxygen atoms in total. The molecule has 1 aromatic heterocycles. The van der Waals surface area contributed by atoms with E-state index < -0.39 is 17.7 Å². The predicted molar refractivity (Wildman–Crippen MR) is 89.0 cm³/mol. The van der Waals surface area contributed by atoms with Gasteiger partial charge in [0.2, 0.25) is 0 Å². The molecular formula is C17H23F3N4O2. The van der Waals surface area contributed by atoms with Gasteiger partial charge in [-0.3, -0.25) is 4.98 Å². The lowest BCUT2D eigenvalue weighted by Gasteiger charge is -2.39. The molecule has 1 unspecified atom stereocenters. The molecule has 144 valence electrons. The van der Waals surface area contributed by atoms with E-state index in [0.29, 0.717) is 25.5 Å². The average molecular weight is 372 g/mol. The van der Waals surface area contributed by atoms with Gasteiger partial charge in [-0.05, 0) is 27.2 Å². The Morgan fingerprint density at radius 1 is 1.15 bits per heavy atom. The summed E-state index contributed by atoms with van der Waals surface area (Å²) in [5, 5.41) is 0. The molecule has 26 heavy (non-hydrogen) atoms. The van der Waals surface area contributed by atoms with Crippen LogP contribution in [-0.4, -0.2) is 58.9 Å². The van der Waals surface area contributed by atoms with Crippen LogP contribution in [0.3, 0.4) is 0 Å². The van der Waals surface area contributed by atoms with Crippen molar-refractivity contribution in [1.29, 1.82) is 0 Å². The third kappa shape index (κ3) is 4.19. The highest BCUT2D eigenvalue weighted by Gasteiger charge is 2.44. The van der Waals surface area contributed by atoms with Gasteiger partial charge in [0.1, 0.15) is 11.4 Å². The molecule has 2 saturated heterocycles. The van der Waals surface area contributed by atoms with Crippen LogP contribution in [-0.2, 0) is 4.74 Å². The second-order valence-electron chi connectivity index (χ2n) is 7.85. The standard InChI is InChI=1S/C17H23F3N4O2/c1-16(2,3)26-15(25)24-8-11(9-24)13-6-22-14(7-21-13)23-5-4-12(10-23)17(18,19)20/h6-7,11-12H,4-5,8-10H2,1-3H3. The summed E-state index contributed by atoms with van der Waals surface area (Å²) in [7, 11) is 0. The fourth-order valence-electron chi connectivity index (χ4n) is 3.08. The number of nitrogens with zero attached hydrogens (tertiary/aromatic N) is 4. The molecule has 9 heteroatoms. The fourth-order valence-corrected chi connectivity index (χ4v) is 3.08. The first-order valence-electron chi connectivity index (χ1n) is 8.64. The monoisotopic (exact) mass is 372 g/mol. The molecule has 0 radical (unpaired) electrons. The molecule has 0 saturated carbocycles. The van der Waals surface area contributed by atoms with Gasteiger partial charge >= 0.3 is 12.3 Å². The van der Waals surface area contributed by atoms with E-state index in [1.165, 1.54) is 6.20 Å². The number of alkyl halides is 3. The van der Waals surface area contributed by atoms with E-state index in [0.717, 1.165) is 5.69 Å². The molecule has 2 aliphatic heterocycles. The summed E-state index contributed by atoms with van der Waals surface area (Å²) in [5.74, 6) is -0.771. The van der Waals surface area contributed by atoms with Crippen LogP contribution in [0.5, 0.6) is 0 Å². The molecule has 0 aliphatic carbocycles. The molecular weight excluding hydrogens is 349 g/mol. The van der Waals surface area contributed by atoms with Crippen molar-refractivity contribution in [3.63, 3.8) is 0 Å². The number of ether oxygens (including phenoxy) is 1. The van der Waals surface area contributed by atoms with Crippen molar-refractivity contribution < 1.29 is 22.7 Å². The van der Waals surface area contributed by atoms with Gasteiger partial charge in [-0.2, -0.15) is 13.2 Å². The molecule has 3 heterocycles. The smallest absolute Gasteiger partial charge is 0.410 e. The Bertz CT molecular complexity index is 651. The number of halogens is 3. The zero-order valence-electron chi connectivity index (χ0n) is 15.1. The molecule has 1 amide bonds. The lowest BCUT2D eigenvalue weighted by Crippen LogP contribution is -2.50. The van der Waals surface area contributed by atoms with Crippen molar-refractivity contribution in [2.24, 2.45) is 5.92 Å². The van der Waals surface area contributed by atoms with Crippen molar-refractivity contribution in [2.45, 2.75) is 44.9 Å². The number of carbonyl (C=O) groups is 1. The molecule has 1 atom stereocenters. The maximum Gasteiger partial charge on any atom is 0.410 e. The number of amides is 1. The summed E-state index contributed by atoms with van der Waals surface area (Å²) in [6, 6.07) is 0. The quantitative estimate of drug-likeness (QED) is 0.798. The number of hydrogen-bond donors (Lipinski definition) is 0. The Balaban J connectivity index is 1.53. The summed E-state index contributed by atoms with van der Waals surface area (Å²) < 4.78 is 43.6. The van der Waals surface area contributed by atoms with Gasteiger partial charge in [-0.1, -0.05) is 0 Å². The Kier molecular flexibility index (Phi) is 4.74. The zero-order valence-corrected chi connectivity index (χ0v) is 15.1. The first-order valence-corrected chi connectivity index (χ1v) is 8.64. The maximum absolute atomic E-state index is 12.8. The minimum atomic E-state index is -4.17. The van der Waals surface area contributed by atoms with Crippen LogP contribution in [0.4, 0.5) is 23.8 Å². The number of carbonyl (C=O) groups excluding carboxylic acids is 1. The lowest BCUT2D eigenvalue weighted by atomic mass is 9.97. The Morgan fingerprint density at radius 3 is 2.35 bits per heavy atom. The van der Waals surface area contributed by atoms with Gasteiger partial charge in [-0.25, -0.2) is 9.78 Å². The Labute approximate surface area is 150 Å². The predicted octanol–water partition coefficient (Wildman–Crippen LogP) is 3.20. The fraction of sp³-hybridized carbons (Fsp3) is 0.706. The van der Waals surface area contributed by atoms with Gasteiger partial charge < -0.3 is 14.5 Å². The number of anilines is 1. The largest absolute Gasteiger partial charge is 0.444 e. The second kappa shape index (κ2) is 6.59. The van der Waals surface area contributed by atoms with Crippen molar-refractivity contribution >= 4 is 11.9 Å². The summed E-state index contributed by atoms with van der Waals surface area (Å²) in [5.41, 5.74) is 0.202. The SMILES string of the molecule is CC(C)(C)OC(=O)N1CC(c2cnc(N3CCC(C(F)(F)F)C3)cn2)C1. The Morgan fingerprint density at radius 2 is 1.85 bits per heavy atom. The molecule has 0 N–H and O–H groups in total. The maximum atomic E-state index is 12.8. The molecule has 0 bridgehead atoms. The number of hydrogen-bond acceptors (Lipinski definition) is 5. The average Bonchev–Trinajstić information content (AvgIpc) is 2.94. The van der Waals surface area contributed by atoms with Crippen molar-refractivity contribution in [3.05, 3.63) is 18.1 Å². The van der Waals surface area contributed by atoms with Crippen LogP contribution in [0.15, 0.2) is 12.4 Å². The van der Waals surface area contributed by atoms with Gasteiger partial charge in [0.25, 0.3) is 0 Å². The first kappa shape index (κ1) is 18.7. The summed E-state index contributed by atoms with van der Waals surface area (Å²) in [6.45, 7) is 6.70. The molecule has 2 aliphatic rings. The third-order valence-electron chi connectivity index (χ3n) is 4.58. The van der Waals surface area contributed by atoms with E-state index in [-0.39, 0.29) is 25.0 Å². The number of aromatic nitrogens is 2. The molecule has 1 aromatic rings. The molecule has 2 fully saturated rings. The minimum absolute atomic E-state index is 0.0746. The van der Waals surface area contributed by atoms with E-state index in [1.807, 2.05) is 20.8 Å². The normalized spacial score (nSPS) is 21.7. The summed E-state index contributed by atoms with van der Waals surface area (Å²) in [6.07, 6.45) is -1.33. The van der Waals surface area contributed by atoms with Crippen LogP contribution in [0, 0.1) is 5.92 Å². The highest BCUT2D eigenvalue weighted by atomic mass is 19.4. The van der Waals surface area contributed by atoms with Crippen LogP contribution < -0.4 is 4.90 Å². The third-order valence-corrected chi connectivity index (χ3v) is 4.58. The van der Waals surface area contributed by atoms with E-state index in [1.54, 1.807) is 16.0 Å². The van der Waals surface area contributed by atoms with Crippen LogP contribution in [0.2, 0.25) is 0 Å². The van der Waals surface area contributed by atoms with Crippen LogP contribution in [0.1, 0.15) is 38.8 Å². The van der Waals surface area contributed by atoms with Crippen molar-refractivity contribution in [3.8, 4) is 0 Å². The van der Waals surface area contributed by atoms with Gasteiger partial charge in [0, 0.05) is 32.1 Å². The van der Waals surface area contributed by atoms with Gasteiger partial charge in [0.15, 0.2) is 0 Å². The second-order valence-corrected chi connectivity index (χ2v) is 7.85. The van der Waals surface area contributed by atoms with Crippen LogP contribution >= 0.6 is 0 Å². The van der Waals surface area contributed by atoms with Gasteiger partial charge in [-0.15, -0.1) is 0 Å². The van der Waals surface area contributed by atoms with E-state index >= 15 is 0 Å². The topological polar surface area (TPSA) is 58.6 Å². The first-order chi connectivity index (χ1) is 12.0. The highest BCUT2D eigenvalue weighted by molar-refractivity contribution is 5.69. The van der Waals surface area contributed by atoms with E-state index in [4.69, 9.17) is 4.74 Å². The number of rotatable bonds is 2. The van der Waals surface area contributed by atoms with Crippen molar-refractivity contribution in [2.75, 3.05) is 31.1 Å². The summed E-state index contributed by atoms with van der Waals surface area (Å²) >= 11 is 0. The van der Waals surface area contributed by atoms with Crippen LogP contribution in [0.25, 0.3) is 0 Å². The zero-order chi connectivity index (χ0) is 19.1. The minimum Gasteiger partial charge on any atom is -0.444 e. The van der Waals surface area contributed by atoms with Gasteiger partial charge in [0.05, 0.1) is 24.0 Å². The molecule has 0 aromatic carbocycles. The molecule has 3 rings (SSSR count). The highest BCUT2D eigenvalue weighted by Crippen LogP contribution is 2.35. The lowest BCUT2D eigenvalue weighted by molar-refractivity contribution is -0.168. The molecule has 0 spiro atoms. The Hall–Kier alpha value is -2.06. The van der Waals surface area contributed by atoms with Crippen molar-refractivity contribution in [1.82, 2.24) is 14.9 Å². The number of likely N-dealkylation sites (tertiary alicyclic amines) is 1.